The van der Waals surface area contributed by atoms with E-state index in [-0.39, 0.29) is 5.69 Å². The van der Waals surface area contributed by atoms with Crippen LogP contribution in [0, 0.1) is 17.0 Å². The minimum Gasteiger partial charge on any atom is -0.342 e. The molecule has 0 saturated carbocycles. The molecule has 1 fully saturated rings. The third-order valence-corrected chi connectivity index (χ3v) is 3.42. The number of nitro groups is 1. The van der Waals surface area contributed by atoms with Crippen LogP contribution in [-0.2, 0) is 9.47 Å². The van der Waals surface area contributed by atoms with Crippen molar-refractivity contribution < 1.29 is 14.4 Å². The lowest BCUT2D eigenvalue weighted by Crippen LogP contribution is -2.12. The first-order valence-corrected chi connectivity index (χ1v) is 6.59. The van der Waals surface area contributed by atoms with Gasteiger partial charge in [-0.3, -0.25) is 10.1 Å². The molecular formula is C16H14NO4. The van der Waals surface area contributed by atoms with Gasteiger partial charge in [-0.2, -0.15) is 0 Å². The highest BCUT2D eigenvalue weighted by atomic mass is 16.7. The topological polar surface area (TPSA) is 61.6 Å². The summed E-state index contributed by atoms with van der Waals surface area (Å²) in [5, 5.41) is 11.1. The maximum absolute atomic E-state index is 11.1. The highest BCUT2D eigenvalue weighted by Crippen LogP contribution is 2.42. The third-order valence-electron chi connectivity index (χ3n) is 3.42. The molecule has 0 amide bonds. The minimum atomic E-state index is -0.559. The van der Waals surface area contributed by atoms with Gasteiger partial charge in [-0.1, -0.05) is 42.5 Å². The summed E-state index contributed by atoms with van der Waals surface area (Å²) < 4.78 is 11.5. The molecule has 1 unspecified atom stereocenters. The van der Waals surface area contributed by atoms with Crippen LogP contribution in [0.3, 0.4) is 0 Å². The highest BCUT2D eigenvalue weighted by Gasteiger charge is 2.38. The Hall–Kier alpha value is -2.24. The molecule has 3 rings (SSSR count). The fraction of sp³-hybridized carbons (Fsp3) is 0.188. The van der Waals surface area contributed by atoms with Gasteiger partial charge in [0, 0.05) is 11.6 Å². The van der Waals surface area contributed by atoms with Crippen molar-refractivity contribution in [3.63, 3.8) is 0 Å². The summed E-state index contributed by atoms with van der Waals surface area (Å²) in [6.07, 6.45) is -1.62. The molecule has 1 saturated heterocycles. The van der Waals surface area contributed by atoms with Gasteiger partial charge in [0.15, 0.2) is 6.29 Å². The van der Waals surface area contributed by atoms with Crippen molar-refractivity contribution in [1.29, 1.82) is 0 Å². The van der Waals surface area contributed by atoms with Gasteiger partial charge in [-0.25, -0.2) is 0 Å². The number of para-hydroxylation sites is 1. The van der Waals surface area contributed by atoms with Crippen LogP contribution in [0.1, 0.15) is 23.5 Å². The van der Waals surface area contributed by atoms with E-state index in [2.05, 4.69) is 6.92 Å². The Kier molecular flexibility index (Phi) is 3.68. The van der Waals surface area contributed by atoms with E-state index in [4.69, 9.17) is 9.47 Å². The first kappa shape index (κ1) is 13.7. The van der Waals surface area contributed by atoms with Crippen molar-refractivity contribution in [3.05, 3.63) is 82.8 Å². The third kappa shape index (κ3) is 2.66. The van der Waals surface area contributed by atoms with E-state index < -0.39 is 23.4 Å². The molecule has 107 valence electrons. The SMILES string of the molecule is [CH2][C@@H]1OC(c2ccccc2)O[C@H]1c1ccccc1[N+](=O)[O-]. The number of ether oxygens (including phenoxy) is 2. The van der Waals surface area contributed by atoms with Crippen molar-refractivity contribution in [2.75, 3.05) is 0 Å². The molecule has 0 N–H and O–H groups in total. The molecule has 21 heavy (non-hydrogen) atoms. The zero-order valence-electron chi connectivity index (χ0n) is 11.2. The molecule has 0 aromatic heterocycles. The van der Waals surface area contributed by atoms with Gasteiger partial charge in [0.1, 0.15) is 6.10 Å². The van der Waals surface area contributed by atoms with Crippen molar-refractivity contribution in [3.8, 4) is 0 Å². The standard InChI is InChI=1S/C16H14NO4/c1-11-15(13-9-5-6-10-14(13)17(18)19)21-16(20-11)12-7-3-2-4-8-12/h2-11,15-16H,1H2/t11-,15+,16?/m0/s1. The Balaban J connectivity index is 1.89. The molecule has 0 aliphatic carbocycles. The van der Waals surface area contributed by atoms with Gasteiger partial charge in [-0.05, 0) is 13.0 Å². The van der Waals surface area contributed by atoms with Crippen LogP contribution < -0.4 is 0 Å². The van der Waals surface area contributed by atoms with Gasteiger partial charge in [-0.15, -0.1) is 0 Å². The van der Waals surface area contributed by atoms with Gasteiger partial charge in [0.2, 0.25) is 0 Å². The largest absolute Gasteiger partial charge is 0.342 e. The Bertz CT molecular complexity index is 644. The van der Waals surface area contributed by atoms with E-state index >= 15 is 0 Å². The van der Waals surface area contributed by atoms with Gasteiger partial charge < -0.3 is 9.47 Å². The molecular weight excluding hydrogens is 270 g/mol. The van der Waals surface area contributed by atoms with Gasteiger partial charge >= 0.3 is 0 Å². The molecule has 1 radical (unpaired) electrons. The van der Waals surface area contributed by atoms with Crippen LogP contribution in [0.2, 0.25) is 0 Å². The summed E-state index contributed by atoms with van der Waals surface area (Å²) in [4.78, 5) is 10.7. The summed E-state index contributed by atoms with van der Waals surface area (Å²) >= 11 is 0. The molecule has 0 bridgehead atoms. The van der Waals surface area contributed by atoms with E-state index in [1.54, 1.807) is 18.2 Å². The van der Waals surface area contributed by atoms with Gasteiger partial charge in [0.05, 0.1) is 16.6 Å². The molecule has 1 aliphatic rings. The normalized spacial score (nSPS) is 24.9. The smallest absolute Gasteiger partial charge is 0.275 e. The monoisotopic (exact) mass is 284 g/mol. The molecule has 2 aromatic rings. The van der Waals surface area contributed by atoms with Crippen molar-refractivity contribution in [1.82, 2.24) is 0 Å². The quantitative estimate of drug-likeness (QED) is 0.638. The van der Waals surface area contributed by atoms with E-state index in [0.29, 0.717) is 5.56 Å². The molecule has 5 heteroatoms. The van der Waals surface area contributed by atoms with Crippen molar-refractivity contribution in [2.24, 2.45) is 0 Å². The van der Waals surface area contributed by atoms with Crippen LogP contribution in [0.15, 0.2) is 54.6 Å². The maximum atomic E-state index is 11.1. The van der Waals surface area contributed by atoms with E-state index in [9.17, 15) is 10.1 Å². The van der Waals surface area contributed by atoms with Gasteiger partial charge in [0.25, 0.3) is 5.69 Å². The van der Waals surface area contributed by atoms with Crippen LogP contribution in [0.5, 0.6) is 0 Å². The van der Waals surface area contributed by atoms with E-state index in [0.717, 1.165) is 5.56 Å². The Morgan fingerprint density at radius 2 is 1.67 bits per heavy atom. The summed E-state index contributed by atoms with van der Waals surface area (Å²) in [6.45, 7) is 3.90. The summed E-state index contributed by atoms with van der Waals surface area (Å²) in [5.41, 5.74) is 1.38. The fourth-order valence-corrected chi connectivity index (χ4v) is 2.42. The Labute approximate surface area is 122 Å². The minimum absolute atomic E-state index is 0.0217. The predicted molar refractivity (Wildman–Crippen MR) is 76.3 cm³/mol. The highest BCUT2D eigenvalue weighted by molar-refractivity contribution is 5.42. The number of nitro benzene ring substituents is 1. The molecule has 1 aliphatic heterocycles. The Morgan fingerprint density at radius 1 is 1.00 bits per heavy atom. The van der Waals surface area contributed by atoms with Crippen LogP contribution in [0.25, 0.3) is 0 Å². The second-order valence-corrected chi connectivity index (χ2v) is 4.79. The van der Waals surface area contributed by atoms with E-state index in [1.807, 2.05) is 30.3 Å². The predicted octanol–water partition coefficient (Wildman–Crippen LogP) is 3.58. The zero-order chi connectivity index (χ0) is 14.8. The molecule has 5 nitrogen and oxygen atoms in total. The first-order chi connectivity index (χ1) is 10.2. The average molecular weight is 284 g/mol. The first-order valence-electron chi connectivity index (χ1n) is 6.59. The number of hydrogen-bond acceptors (Lipinski definition) is 4. The summed E-state index contributed by atoms with van der Waals surface area (Å²) in [7, 11) is 0. The lowest BCUT2D eigenvalue weighted by molar-refractivity contribution is -0.386. The summed E-state index contributed by atoms with van der Waals surface area (Å²) in [5.74, 6) is 0. The molecule has 3 atom stereocenters. The molecule has 1 heterocycles. The number of nitrogens with zero attached hydrogens (tertiary/aromatic N) is 1. The van der Waals surface area contributed by atoms with Crippen molar-refractivity contribution in [2.45, 2.75) is 18.5 Å². The average Bonchev–Trinajstić information content (AvgIpc) is 2.90. The zero-order valence-corrected chi connectivity index (χ0v) is 11.2. The number of hydrogen-bond donors (Lipinski definition) is 0. The van der Waals surface area contributed by atoms with Crippen LogP contribution >= 0.6 is 0 Å². The lowest BCUT2D eigenvalue weighted by atomic mass is 10.0. The second kappa shape index (κ2) is 5.63. The maximum Gasteiger partial charge on any atom is 0.275 e. The van der Waals surface area contributed by atoms with Crippen LogP contribution in [0.4, 0.5) is 5.69 Å². The number of benzene rings is 2. The van der Waals surface area contributed by atoms with Crippen molar-refractivity contribution >= 4 is 5.69 Å². The van der Waals surface area contributed by atoms with Crippen LogP contribution in [-0.4, -0.2) is 11.0 Å². The fourth-order valence-electron chi connectivity index (χ4n) is 2.42. The molecule has 0 spiro atoms. The lowest BCUT2D eigenvalue weighted by Gasteiger charge is -2.13. The Morgan fingerprint density at radius 3 is 2.38 bits per heavy atom. The second-order valence-electron chi connectivity index (χ2n) is 4.79. The number of rotatable bonds is 3. The molecule has 2 aromatic carbocycles. The summed E-state index contributed by atoms with van der Waals surface area (Å²) in [6, 6.07) is 16.0. The van der Waals surface area contributed by atoms with E-state index in [1.165, 1.54) is 6.07 Å².